The normalized spacial score (nSPS) is 12.3. The van der Waals surface area contributed by atoms with Crippen molar-refractivity contribution in [1.29, 1.82) is 0 Å². The van der Waals surface area contributed by atoms with Crippen LogP contribution < -0.4 is 14.8 Å². The molecule has 0 spiro atoms. The summed E-state index contributed by atoms with van der Waals surface area (Å²) in [5.41, 5.74) is 1.92. The molecule has 0 bridgehead atoms. The molecule has 7 heteroatoms. The monoisotopic (exact) mass is 376 g/mol. The van der Waals surface area contributed by atoms with E-state index in [0.29, 0.717) is 17.9 Å². The highest BCUT2D eigenvalue weighted by atomic mass is 32.2. The summed E-state index contributed by atoms with van der Waals surface area (Å²) >= 11 is 0. The largest absolute Gasteiger partial charge is 0.491 e. The molecule has 0 unspecified atom stereocenters. The van der Waals surface area contributed by atoms with E-state index in [1.165, 1.54) is 0 Å². The Morgan fingerprint density at radius 3 is 2.38 bits per heavy atom. The molecule has 1 amide bonds. The van der Waals surface area contributed by atoms with E-state index < -0.39 is 10.0 Å². The number of hydrogen-bond acceptors (Lipinski definition) is 4. The van der Waals surface area contributed by atoms with Crippen molar-refractivity contribution in [3.8, 4) is 5.75 Å². The van der Waals surface area contributed by atoms with Gasteiger partial charge in [0.1, 0.15) is 12.4 Å². The fraction of sp³-hybridized carbons (Fsp3) is 0.316. The second-order valence-electron chi connectivity index (χ2n) is 6.03. The number of para-hydroxylation sites is 1. The van der Waals surface area contributed by atoms with E-state index >= 15 is 0 Å². The molecule has 0 radical (unpaired) electrons. The van der Waals surface area contributed by atoms with E-state index in [-0.39, 0.29) is 17.7 Å². The third-order valence-electron chi connectivity index (χ3n) is 3.76. The van der Waals surface area contributed by atoms with Gasteiger partial charge in [-0.05, 0) is 56.7 Å². The van der Waals surface area contributed by atoms with Crippen LogP contribution in [0.5, 0.6) is 5.75 Å². The highest BCUT2D eigenvalue weighted by molar-refractivity contribution is 7.92. The first-order valence-electron chi connectivity index (χ1n) is 8.40. The molecule has 0 aliphatic carbocycles. The van der Waals surface area contributed by atoms with Gasteiger partial charge in [-0.15, -0.1) is 0 Å². The Bertz CT molecular complexity index is 848. The van der Waals surface area contributed by atoms with Gasteiger partial charge in [-0.25, -0.2) is 8.42 Å². The molecule has 2 N–H and O–H groups in total. The van der Waals surface area contributed by atoms with Gasteiger partial charge in [0.15, 0.2) is 0 Å². The molecule has 2 rings (SSSR count). The highest BCUT2D eigenvalue weighted by Crippen LogP contribution is 2.16. The van der Waals surface area contributed by atoms with Crippen molar-refractivity contribution >= 4 is 21.6 Å². The number of carbonyl (C=O) groups is 1. The van der Waals surface area contributed by atoms with Gasteiger partial charge in [-0.1, -0.05) is 18.2 Å². The van der Waals surface area contributed by atoms with Crippen LogP contribution in [-0.2, 0) is 10.0 Å². The second kappa shape index (κ2) is 8.71. The number of anilines is 1. The molecule has 0 heterocycles. The Morgan fingerprint density at radius 2 is 1.77 bits per heavy atom. The lowest BCUT2D eigenvalue weighted by Crippen LogP contribution is -2.36. The highest BCUT2D eigenvalue weighted by Gasteiger charge is 2.12. The van der Waals surface area contributed by atoms with Gasteiger partial charge in [0.05, 0.1) is 11.8 Å². The van der Waals surface area contributed by atoms with Crippen LogP contribution in [0.3, 0.4) is 0 Å². The number of sulfonamides is 1. The number of benzene rings is 2. The van der Waals surface area contributed by atoms with Gasteiger partial charge in [0, 0.05) is 11.3 Å². The molecule has 0 saturated heterocycles. The third kappa shape index (κ3) is 5.77. The van der Waals surface area contributed by atoms with E-state index in [0.717, 1.165) is 11.3 Å². The number of aryl methyl sites for hydroxylation is 1. The first kappa shape index (κ1) is 19.8. The van der Waals surface area contributed by atoms with E-state index in [4.69, 9.17) is 4.74 Å². The van der Waals surface area contributed by atoms with Gasteiger partial charge < -0.3 is 10.1 Å². The Hall–Kier alpha value is -2.54. The van der Waals surface area contributed by atoms with Gasteiger partial charge in [-0.2, -0.15) is 0 Å². The maximum absolute atomic E-state index is 12.3. The maximum Gasteiger partial charge on any atom is 0.251 e. The number of nitrogens with one attached hydrogen (secondary N) is 2. The fourth-order valence-corrected chi connectivity index (χ4v) is 2.86. The van der Waals surface area contributed by atoms with Crippen molar-refractivity contribution < 1.29 is 17.9 Å². The number of hydrogen-bond donors (Lipinski definition) is 2. The SMILES string of the molecule is CCS(=O)(=O)Nc1ccc(C(=O)N[C@@H](C)COc2ccccc2C)cc1. The predicted octanol–water partition coefficient (Wildman–Crippen LogP) is 2.95. The number of ether oxygens (including phenoxy) is 1. The van der Waals surface area contributed by atoms with Crippen molar-refractivity contribution in [2.45, 2.75) is 26.8 Å². The molecule has 140 valence electrons. The Labute approximate surface area is 154 Å². The molecule has 2 aromatic rings. The van der Waals surface area contributed by atoms with Crippen molar-refractivity contribution in [2.75, 3.05) is 17.1 Å². The summed E-state index contributed by atoms with van der Waals surface area (Å²) in [6.07, 6.45) is 0. The molecular weight excluding hydrogens is 352 g/mol. The number of rotatable bonds is 8. The van der Waals surface area contributed by atoms with Gasteiger partial charge in [0.2, 0.25) is 10.0 Å². The van der Waals surface area contributed by atoms with Crippen LogP contribution in [0.25, 0.3) is 0 Å². The first-order valence-corrected chi connectivity index (χ1v) is 10.1. The van der Waals surface area contributed by atoms with E-state index in [9.17, 15) is 13.2 Å². The topological polar surface area (TPSA) is 84.5 Å². The number of carbonyl (C=O) groups excluding carboxylic acids is 1. The van der Waals surface area contributed by atoms with Crippen LogP contribution in [0.15, 0.2) is 48.5 Å². The van der Waals surface area contributed by atoms with E-state index in [1.54, 1.807) is 31.2 Å². The summed E-state index contributed by atoms with van der Waals surface area (Å²) in [4.78, 5) is 12.3. The van der Waals surface area contributed by atoms with Crippen LogP contribution in [0.2, 0.25) is 0 Å². The molecule has 6 nitrogen and oxygen atoms in total. The van der Waals surface area contributed by atoms with Crippen molar-refractivity contribution in [1.82, 2.24) is 5.32 Å². The summed E-state index contributed by atoms with van der Waals surface area (Å²) < 4.78 is 31.3. The van der Waals surface area contributed by atoms with Gasteiger partial charge in [0.25, 0.3) is 5.91 Å². The first-order chi connectivity index (χ1) is 12.3. The van der Waals surface area contributed by atoms with Crippen molar-refractivity contribution in [3.05, 3.63) is 59.7 Å². The minimum atomic E-state index is -3.33. The summed E-state index contributed by atoms with van der Waals surface area (Å²) in [6, 6.07) is 13.8. The summed E-state index contributed by atoms with van der Waals surface area (Å²) in [5, 5.41) is 2.86. The fourth-order valence-electron chi connectivity index (χ4n) is 2.22. The molecule has 0 aliphatic rings. The minimum absolute atomic E-state index is 0.00631. The zero-order chi connectivity index (χ0) is 19.2. The van der Waals surface area contributed by atoms with Crippen LogP contribution in [0.4, 0.5) is 5.69 Å². The van der Waals surface area contributed by atoms with Crippen LogP contribution in [-0.4, -0.2) is 32.7 Å². The Kier molecular flexibility index (Phi) is 6.63. The Morgan fingerprint density at radius 1 is 1.12 bits per heavy atom. The van der Waals surface area contributed by atoms with Crippen molar-refractivity contribution in [3.63, 3.8) is 0 Å². The smallest absolute Gasteiger partial charge is 0.251 e. The Balaban J connectivity index is 1.89. The minimum Gasteiger partial charge on any atom is -0.491 e. The zero-order valence-electron chi connectivity index (χ0n) is 15.2. The summed E-state index contributed by atoms with van der Waals surface area (Å²) in [6.45, 7) is 5.74. The lowest BCUT2D eigenvalue weighted by atomic mass is 10.2. The maximum atomic E-state index is 12.3. The number of amides is 1. The molecule has 0 aromatic heterocycles. The van der Waals surface area contributed by atoms with Gasteiger partial charge >= 0.3 is 0 Å². The molecule has 2 aromatic carbocycles. The lowest BCUT2D eigenvalue weighted by molar-refractivity contribution is 0.0926. The second-order valence-corrected chi connectivity index (χ2v) is 8.04. The molecule has 26 heavy (non-hydrogen) atoms. The van der Waals surface area contributed by atoms with Crippen molar-refractivity contribution in [2.24, 2.45) is 0 Å². The average Bonchev–Trinajstić information content (AvgIpc) is 2.61. The quantitative estimate of drug-likeness (QED) is 0.742. The average molecular weight is 376 g/mol. The molecule has 0 saturated carbocycles. The van der Waals surface area contributed by atoms with E-state index in [1.807, 2.05) is 38.1 Å². The molecule has 1 atom stereocenters. The van der Waals surface area contributed by atoms with Crippen LogP contribution >= 0.6 is 0 Å². The van der Waals surface area contributed by atoms with Crippen LogP contribution in [0.1, 0.15) is 29.8 Å². The zero-order valence-corrected chi connectivity index (χ0v) is 16.0. The molecule has 0 aliphatic heterocycles. The van der Waals surface area contributed by atoms with E-state index in [2.05, 4.69) is 10.0 Å². The summed E-state index contributed by atoms with van der Waals surface area (Å²) in [7, 11) is -3.33. The lowest BCUT2D eigenvalue weighted by Gasteiger charge is -2.16. The molecule has 0 fully saturated rings. The van der Waals surface area contributed by atoms with Crippen LogP contribution in [0, 0.1) is 6.92 Å². The standard InChI is InChI=1S/C19H24N2O4S/c1-4-26(23,24)21-17-11-9-16(10-12-17)19(22)20-15(3)13-25-18-8-6-5-7-14(18)2/h5-12,15,21H,4,13H2,1-3H3,(H,20,22)/t15-/m0/s1. The summed E-state index contributed by atoms with van der Waals surface area (Å²) in [5.74, 6) is 0.546. The predicted molar refractivity (Wildman–Crippen MR) is 103 cm³/mol. The molecular formula is C19H24N2O4S. The van der Waals surface area contributed by atoms with Gasteiger partial charge in [-0.3, -0.25) is 9.52 Å². The third-order valence-corrected chi connectivity index (χ3v) is 5.07.